The molecule has 0 aliphatic carbocycles. The van der Waals surface area contributed by atoms with E-state index in [4.69, 9.17) is 11.6 Å². The molecule has 108 valence electrons. The largest absolute Gasteiger partial charge is 0.295 e. The van der Waals surface area contributed by atoms with Crippen molar-refractivity contribution in [1.82, 2.24) is 9.55 Å². The van der Waals surface area contributed by atoms with Crippen molar-refractivity contribution in [1.29, 1.82) is 0 Å². The average Bonchev–Trinajstić information content (AvgIpc) is 2.78. The molecule has 3 aromatic rings. The molecule has 2 aromatic carbocycles. The quantitative estimate of drug-likeness (QED) is 0.604. The fraction of sp³-hybridized carbons (Fsp3) is 0.235. The van der Waals surface area contributed by atoms with E-state index in [1.807, 2.05) is 42.7 Å². The Morgan fingerprint density at radius 2 is 1.95 bits per heavy atom. The minimum atomic E-state index is -0.263. The highest BCUT2D eigenvalue weighted by molar-refractivity contribution is 6.20. The highest BCUT2D eigenvalue weighted by Gasteiger charge is 2.17. The molecule has 0 aliphatic rings. The fourth-order valence-electron chi connectivity index (χ4n) is 2.53. The minimum absolute atomic E-state index is 0.245. The van der Waals surface area contributed by atoms with Crippen molar-refractivity contribution < 1.29 is 4.39 Å². The van der Waals surface area contributed by atoms with Crippen LogP contribution in [0.4, 0.5) is 4.39 Å². The summed E-state index contributed by atoms with van der Waals surface area (Å²) in [6.45, 7) is 5.67. The van der Waals surface area contributed by atoms with Gasteiger partial charge in [0.1, 0.15) is 11.6 Å². The number of fused-ring (bicyclic) bond motifs is 1. The van der Waals surface area contributed by atoms with Gasteiger partial charge in [-0.1, -0.05) is 12.1 Å². The maximum absolute atomic E-state index is 13.8. The zero-order valence-electron chi connectivity index (χ0n) is 12.2. The first kappa shape index (κ1) is 14.1. The number of hydrogen-bond donors (Lipinski definition) is 0. The lowest BCUT2D eigenvalue weighted by Crippen LogP contribution is -2.02. The van der Waals surface area contributed by atoms with E-state index in [1.165, 1.54) is 6.07 Å². The number of rotatable bonds is 2. The molecule has 0 bridgehead atoms. The van der Waals surface area contributed by atoms with Crippen LogP contribution in [0.25, 0.3) is 16.7 Å². The van der Waals surface area contributed by atoms with E-state index < -0.39 is 0 Å². The van der Waals surface area contributed by atoms with E-state index in [2.05, 4.69) is 11.1 Å². The van der Waals surface area contributed by atoms with Crippen molar-refractivity contribution in [2.75, 3.05) is 0 Å². The summed E-state index contributed by atoms with van der Waals surface area (Å²) >= 11 is 6.27. The van der Waals surface area contributed by atoms with Gasteiger partial charge in [0, 0.05) is 11.8 Å². The van der Waals surface area contributed by atoms with Gasteiger partial charge in [-0.3, -0.25) is 4.57 Å². The van der Waals surface area contributed by atoms with Crippen molar-refractivity contribution in [2.24, 2.45) is 0 Å². The smallest absolute Gasteiger partial charge is 0.132 e. The second kappa shape index (κ2) is 5.15. The van der Waals surface area contributed by atoms with Gasteiger partial charge in [-0.05, 0) is 50.1 Å². The number of aryl methyl sites for hydroxylation is 2. The topological polar surface area (TPSA) is 17.8 Å². The maximum atomic E-state index is 13.8. The second-order valence-corrected chi connectivity index (χ2v) is 6.01. The molecule has 1 unspecified atom stereocenters. The predicted molar refractivity (Wildman–Crippen MR) is 84.8 cm³/mol. The SMILES string of the molecule is Cc1cccc(-n2c(C(C)Cl)nc3cc(F)c(C)cc32)c1. The molecule has 4 heteroatoms. The number of imidazole rings is 1. The summed E-state index contributed by atoms with van der Waals surface area (Å²) in [5.74, 6) is 0.479. The Labute approximate surface area is 128 Å². The standard InChI is InChI=1S/C17H16ClFN2/c1-10-5-4-6-13(7-10)21-16-8-11(2)14(19)9-15(16)20-17(21)12(3)18/h4-9,12H,1-3H3. The van der Waals surface area contributed by atoms with Crippen molar-refractivity contribution in [3.63, 3.8) is 0 Å². The van der Waals surface area contributed by atoms with E-state index >= 15 is 0 Å². The van der Waals surface area contributed by atoms with Crippen LogP contribution in [0.3, 0.4) is 0 Å². The Hall–Kier alpha value is -1.87. The van der Waals surface area contributed by atoms with E-state index in [9.17, 15) is 4.39 Å². The van der Waals surface area contributed by atoms with E-state index in [1.54, 1.807) is 6.92 Å². The second-order valence-electron chi connectivity index (χ2n) is 5.35. The van der Waals surface area contributed by atoms with Crippen LogP contribution >= 0.6 is 11.6 Å². The van der Waals surface area contributed by atoms with Gasteiger partial charge in [0.05, 0.1) is 16.4 Å². The van der Waals surface area contributed by atoms with Gasteiger partial charge in [-0.25, -0.2) is 9.37 Å². The molecular formula is C17H16ClFN2. The zero-order chi connectivity index (χ0) is 15.1. The van der Waals surface area contributed by atoms with Crippen LogP contribution in [0.2, 0.25) is 0 Å². The molecule has 0 saturated heterocycles. The van der Waals surface area contributed by atoms with Crippen LogP contribution in [0, 0.1) is 19.7 Å². The third kappa shape index (κ3) is 2.42. The first-order valence-electron chi connectivity index (χ1n) is 6.87. The first-order chi connectivity index (χ1) is 9.97. The van der Waals surface area contributed by atoms with Crippen LogP contribution in [-0.2, 0) is 0 Å². The molecule has 1 heterocycles. The summed E-state index contributed by atoms with van der Waals surface area (Å²) in [5.41, 5.74) is 4.25. The number of nitrogens with zero attached hydrogens (tertiary/aromatic N) is 2. The third-order valence-corrected chi connectivity index (χ3v) is 3.77. The lowest BCUT2D eigenvalue weighted by Gasteiger charge is -2.11. The number of alkyl halides is 1. The highest BCUT2D eigenvalue weighted by Crippen LogP contribution is 2.29. The number of benzene rings is 2. The van der Waals surface area contributed by atoms with Gasteiger partial charge in [-0.15, -0.1) is 11.6 Å². The molecule has 0 fully saturated rings. The summed E-state index contributed by atoms with van der Waals surface area (Å²) in [6, 6.07) is 11.4. The van der Waals surface area contributed by atoms with Crippen molar-refractivity contribution in [3.05, 3.63) is 59.2 Å². The van der Waals surface area contributed by atoms with E-state index in [0.717, 1.165) is 22.6 Å². The Kier molecular flexibility index (Phi) is 3.46. The molecule has 0 radical (unpaired) electrons. The van der Waals surface area contributed by atoms with Crippen LogP contribution in [0.1, 0.15) is 29.3 Å². The number of hydrogen-bond acceptors (Lipinski definition) is 1. The Balaban J connectivity index is 2.38. The molecule has 0 saturated carbocycles. The maximum Gasteiger partial charge on any atom is 0.132 e. The van der Waals surface area contributed by atoms with E-state index in [-0.39, 0.29) is 11.2 Å². The number of halogens is 2. The minimum Gasteiger partial charge on any atom is -0.295 e. The summed E-state index contributed by atoms with van der Waals surface area (Å²) in [7, 11) is 0. The van der Waals surface area contributed by atoms with Gasteiger partial charge >= 0.3 is 0 Å². The summed E-state index contributed by atoms with van der Waals surface area (Å²) < 4.78 is 15.8. The fourth-order valence-corrected chi connectivity index (χ4v) is 2.67. The van der Waals surface area contributed by atoms with Crippen LogP contribution in [0.5, 0.6) is 0 Å². The summed E-state index contributed by atoms with van der Waals surface area (Å²) in [6.07, 6.45) is 0. The lowest BCUT2D eigenvalue weighted by molar-refractivity contribution is 0.620. The summed E-state index contributed by atoms with van der Waals surface area (Å²) in [4.78, 5) is 4.51. The highest BCUT2D eigenvalue weighted by atomic mass is 35.5. The van der Waals surface area contributed by atoms with Gasteiger partial charge in [0.25, 0.3) is 0 Å². The molecule has 1 aromatic heterocycles. The van der Waals surface area contributed by atoms with E-state index in [0.29, 0.717) is 11.1 Å². The van der Waals surface area contributed by atoms with Crippen molar-refractivity contribution in [3.8, 4) is 5.69 Å². The molecule has 0 spiro atoms. The van der Waals surface area contributed by atoms with Gasteiger partial charge in [0.15, 0.2) is 0 Å². The van der Waals surface area contributed by atoms with Crippen LogP contribution < -0.4 is 0 Å². The molecule has 0 aliphatic heterocycles. The normalized spacial score (nSPS) is 12.8. The predicted octanol–water partition coefficient (Wildman–Crippen LogP) is 5.08. The molecule has 0 amide bonds. The van der Waals surface area contributed by atoms with Crippen molar-refractivity contribution in [2.45, 2.75) is 26.1 Å². The Morgan fingerprint density at radius 3 is 2.62 bits per heavy atom. The van der Waals surface area contributed by atoms with Crippen molar-refractivity contribution >= 4 is 22.6 Å². The van der Waals surface area contributed by atoms with Crippen LogP contribution in [0.15, 0.2) is 36.4 Å². The lowest BCUT2D eigenvalue weighted by atomic mass is 10.2. The number of aromatic nitrogens is 2. The molecule has 3 rings (SSSR count). The molecule has 2 nitrogen and oxygen atoms in total. The van der Waals surface area contributed by atoms with Gasteiger partial charge < -0.3 is 0 Å². The third-order valence-electron chi connectivity index (χ3n) is 3.58. The van der Waals surface area contributed by atoms with Gasteiger partial charge in [0.2, 0.25) is 0 Å². The Bertz CT molecular complexity index is 821. The Morgan fingerprint density at radius 1 is 1.19 bits per heavy atom. The van der Waals surface area contributed by atoms with Crippen LogP contribution in [-0.4, -0.2) is 9.55 Å². The molecular weight excluding hydrogens is 287 g/mol. The average molecular weight is 303 g/mol. The zero-order valence-corrected chi connectivity index (χ0v) is 12.9. The molecule has 21 heavy (non-hydrogen) atoms. The molecule has 0 N–H and O–H groups in total. The monoisotopic (exact) mass is 302 g/mol. The summed E-state index contributed by atoms with van der Waals surface area (Å²) in [5, 5.41) is -0.263. The molecule has 1 atom stereocenters. The first-order valence-corrected chi connectivity index (χ1v) is 7.30. The van der Waals surface area contributed by atoms with Gasteiger partial charge in [-0.2, -0.15) is 0 Å².